The van der Waals surface area contributed by atoms with Gasteiger partial charge < -0.3 is 4.74 Å². The number of ether oxygens (including phenoxy) is 1. The van der Waals surface area contributed by atoms with Crippen molar-refractivity contribution in [3.63, 3.8) is 0 Å². The predicted molar refractivity (Wildman–Crippen MR) is 56.7 cm³/mol. The molecule has 106 valence electrons. The third-order valence-electron chi connectivity index (χ3n) is 2.61. The monoisotopic (exact) mass is 282 g/mol. The van der Waals surface area contributed by atoms with Crippen LogP contribution in [0.1, 0.15) is 26.3 Å². The van der Waals surface area contributed by atoms with E-state index >= 15 is 0 Å². The van der Waals surface area contributed by atoms with Crippen LogP contribution >= 0.6 is 0 Å². The van der Waals surface area contributed by atoms with Gasteiger partial charge in [0.2, 0.25) is 0 Å². The molecule has 0 amide bonds. The minimum absolute atomic E-state index is 0.482. The van der Waals surface area contributed by atoms with Crippen molar-refractivity contribution in [2.45, 2.75) is 32.4 Å². The van der Waals surface area contributed by atoms with E-state index in [4.69, 9.17) is 0 Å². The third kappa shape index (κ3) is 3.02. The molecular formula is C12H11F5O2. The van der Waals surface area contributed by atoms with Crippen LogP contribution in [0.2, 0.25) is 0 Å². The Kier molecular flexibility index (Phi) is 3.88. The Balaban J connectivity index is 3.36. The second-order valence-corrected chi connectivity index (χ2v) is 4.48. The summed E-state index contributed by atoms with van der Waals surface area (Å²) in [4.78, 5) is 10.6. The average molecular weight is 282 g/mol. The number of alkyl halides is 3. The molecule has 0 atom stereocenters. The van der Waals surface area contributed by atoms with Gasteiger partial charge in [-0.1, -0.05) is 0 Å². The maximum atomic E-state index is 13.7. The van der Waals surface area contributed by atoms with Crippen LogP contribution in [-0.4, -0.2) is 12.1 Å². The number of carbonyl (C=O) groups is 1. The molecule has 0 aliphatic rings. The van der Waals surface area contributed by atoms with Crippen LogP contribution in [0.3, 0.4) is 0 Å². The average Bonchev–Trinajstić information content (AvgIpc) is 2.11. The summed E-state index contributed by atoms with van der Waals surface area (Å²) in [7, 11) is 0. The van der Waals surface area contributed by atoms with Gasteiger partial charge in [-0.05, 0) is 13.8 Å². The highest BCUT2D eigenvalue weighted by molar-refractivity contribution is 5.69. The first-order valence-electron chi connectivity index (χ1n) is 5.21. The lowest BCUT2D eigenvalue weighted by molar-refractivity contribution is -0.181. The fraction of sp³-hybridized carbons (Fsp3) is 0.417. The Morgan fingerprint density at radius 2 is 1.53 bits per heavy atom. The number of halogens is 5. The zero-order valence-electron chi connectivity index (χ0n) is 10.4. The van der Waals surface area contributed by atoms with E-state index in [0.717, 1.165) is 6.92 Å². The molecule has 0 heterocycles. The fourth-order valence-corrected chi connectivity index (χ4v) is 1.51. The van der Waals surface area contributed by atoms with Crippen molar-refractivity contribution < 1.29 is 31.5 Å². The SMILES string of the molecule is CC(=O)Oc1cc(F)c(C(C)(C)C(F)(F)F)c(F)c1. The normalized spacial score (nSPS) is 12.4. The van der Waals surface area contributed by atoms with E-state index in [1.165, 1.54) is 0 Å². The smallest absolute Gasteiger partial charge is 0.398 e. The highest BCUT2D eigenvalue weighted by Gasteiger charge is 2.51. The highest BCUT2D eigenvalue weighted by atomic mass is 19.4. The van der Waals surface area contributed by atoms with Crippen molar-refractivity contribution in [2.75, 3.05) is 0 Å². The molecule has 19 heavy (non-hydrogen) atoms. The molecule has 7 heteroatoms. The van der Waals surface area contributed by atoms with Crippen LogP contribution < -0.4 is 4.74 Å². The largest absolute Gasteiger partial charge is 0.427 e. The van der Waals surface area contributed by atoms with Gasteiger partial charge in [0.25, 0.3) is 0 Å². The van der Waals surface area contributed by atoms with Gasteiger partial charge >= 0.3 is 12.1 Å². The van der Waals surface area contributed by atoms with Crippen molar-refractivity contribution in [2.24, 2.45) is 0 Å². The first-order valence-corrected chi connectivity index (χ1v) is 5.21. The lowest BCUT2D eigenvalue weighted by Gasteiger charge is -2.29. The number of carbonyl (C=O) groups excluding carboxylic acids is 1. The summed E-state index contributed by atoms with van der Waals surface area (Å²) in [6.45, 7) is 2.34. The van der Waals surface area contributed by atoms with Crippen LogP contribution in [0, 0.1) is 11.6 Å². The standard InChI is InChI=1S/C12H11F5O2/c1-6(18)19-7-4-8(13)10(9(14)5-7)11(2,3)12(15,16)17/h4-5H,1-3H3. The molecule has 0 aliphatic carbocycles. The van der Waals surface area contributed by atoms with Crippen LogP contribution in [-0.2, 0) is 10.2 Å². The maximum Gasteiger partial charge on any atom is 0.398 e. The molecule has 0 bridgehead atoms. The van der Waals surface area contributed by atoms with Crippen LogP contribution in [0.4, 0.5) is 22.0 Å². The summed E-state index contributed by atoms with van der Waals surface area (Å²) in [5, 5.41) is 0. The van der Waals surface area contributed by atoms with Crippen LogP contribution in [0.5, 0.6) is 5.75 Å². The first-order chi connectivity index (χ1) is 8.46. The van der Waals surface area contributed by atoms with Crippen molar-refractivity contribution >= 4 is 5.97 Å². The van der Waals surface area contributed by atoms with Gasteiger partial charge in [0, 0.05) is 24.6 Å². The van der Waals surface area contributed by atoms with Crippen LogP contribution in [0.15, 0.2) is 12.1 Å². The predicted octanol–water partition coefficient (Wildman–Crippen LogP) is 3.73. The lowest BCUT2D eigenvalue weighted by atomic mass is 9.83. The molecule has 1 aromatic carbocycles. The molecule has 1 aromatic rings. The molecule has 2 nitrogen and oxygen atoms in total. The molecule has 1 rings (SSSR count). The quantitative estimate of drug-likeness (QED) is 0.469. The first kappa shape index (κ1) is 15.4. The van der Waals surface area contributed by atoms with Gasteiger partial charge in [0.05, 0.1) is 5.41 Å². The van der Waals surface area contributed by atoms with E-state index in [2.05, 4.69) is 4.74 Å². The highest BCUT2D eigenvalue weighted by Crippen LogP contribution is 2.43. The molecule has 0 unspecified atom stereocenters. The zero-order valence-corrected chi connectivity index (χ0v) is 10.4. The van der Waals surface area contributed by atoms with E-state index in [9.17, 15) is 26.7 Å². The van der Waals surface area contributed by atoms with Gasteiger partial charge in [-0.3, -0.25) is 4.79 Å². The lowest BCUT2D eigenvalue weighted by Crippen LogP contribution is -2.38. The van der Waals surface area contributed by atoms with Gasteiger partial charge in [-0.2, -0.15) is 13.2 Å². The molecule has 0 spiro atoms. The minimum atomic E-state index is -4.82. The van der Waals surface area contributed by atoms with Gasteiger partial charge in [0.1, 0.15) is 17.4 Å². The molecule has 0 radical (unpaired) electrons. The number of hydrogen-bond donors (Lipinski definition) is 0. The van der Waals surface area contributed by atoms with E-state index < -0.39 is 40.5 Å². The fourth-order valence-electron chi connectivity index (χ4n) is 1.51. The zero-order chi connectivity index (χ0) is 15.0. The number of hydrogen-bond acceptors (Lipinski definition) is 2. The Labute approximate surface area is 106 Å². The number of rotatable bonds is 2. The summed E-state index contributed by atoms with van der Waals surface area (Å²) in [6.07, 6.45) is -4.82. The van der Waals surface area contributed by atoms with Crippen LogP contribution in [0.25, 0.3) is 0 Å². The minimum Gasteiger partial charge on any atom is -0.427 e. The maximum absolute atomic E-state index is 13.7. The summed E-state index contributed by atoms with van der Waals surface area (Å²) in [6, 6.07) is 1.10. The Hall–Kier alpha value is -1.66. The van der Waals surface area contributed by atoms with Gasteiger partial charge in [0.15, 0.2) is 0 Å². The van der Waals surface area contributed by atoms with Gasteiger partial charge in [-0.25, -0.2) is 8.78 Å². The van der Waals surface area contributed by atoms with Crippen molar-refractivity contribution in [3.05, 3.63) is 29.3 Å². The molecule has 0 saturated carbocycles. The molecule has 0 saturated heterocycles. The van der Waals surface area contributed by atoms with Crippen molar-refractivity contribution in [1.29, 1.82) is 0 Å². The topological polar surface area (TPSA) is 26.3 Å². The Bertz CT molecular complexity index is 482. The summed E-state index contributed by atoms with van der Waals surface area (Å²) >= 11 is 0. The number of benzene rings is 1. The molecule has 0 aromatic heterocycles. The Morgan fingerprint density at radius 3 is 1.84 bits per heavy atom. The van der Waals surface area contributed by atoms with Gasteiger partial charge in [-0.15, -0.1) is 0 Å². The van der Waals surface area contributed by atoms with E-state index in [1.807, 2.05) is 0 Å². The van der Waals surface area contributed by atoms with Crippen molar-refractivity contribution in [1.82, 2.24) is 0 Å². The Morgan fingerprint density at radius 1 is 1.11 bits per heavy atom. The summed E-state index contributed by atoms with van der Waals surface area (Å²) in [5.74, 6) is -4.15. The number of esters is 1. The molecule has 0 aliphatic heterocycles. The van der Waals surface area contributed by atoms with E-state index in [0.29, 0.717) is 26.0 Å². The molecule has 0 N–H and O–H groups in total. The van der Waals surface area contributed by atoms with E-state index in [-0.39, 0.29) is 0 Å². The third-order valence-corrected chi connectivity index (χ3v) is 2.61. The second-order valence-electron chi connectivity index (χ2n) is 4.48. The van der Waals surface area contributed by atoms with E-state index in [1.54, 1.807) is 0 Å². The summed E-state index contributed by atoms with van der Waals surface area (Å²) in [5.41, 5.74) is -3.81. The molecule has 0 fully saturated rings. The van der Waals surface area contributed by atoms with Crippen molar-refractivity contribution in [3.8, 4) is 5.75 Å². The molecular weight excluding hydrogens is 271 g/mol. The second kappa shape index (κ2) is 4.79. The summed E-state index contributed by atoms with van der Waals surface area (Å²) < 4.78 is 70.1.